The van der Waals surface area contributed by atoms with Gasteiger partial charge in [-0.15, -0.1) is 0 Å². The van der Waals surface area contributed by atoms with Crippen molar-refractivity contribution in [2.75, 3.05) is 53.6 Å². The molecular formula is C32H42N6O4. The summed E-state index contributed by atoms with van der Waals surface area (Å²) in [5.41, 5.74) is 4.29. The van der Waals surface area contributed by atoms with Gasteiger partial charge in [0.1, 0.15) is 17.7 Å². The molecule has 0 atom stereocenters. The van der Waals surface area contributed by atoms with Crippen LogP contribution in [-0.2, 0) is 4.74 Å². The average Bonchev–Trinajstić information content (AvgIpc) is 3.37. The molecule has 0 unspecified atom stereocenters. The highest BCUT2D eigenvalue weighted by Gasteiger charge is 2.40. The molecule has 2 aliphatic rings. The van der Waals surface area contributed by atoms with Crippen LogP contribution in [0.2, 0.25) is 0 Å². The van der Waals surface area contributed by atoms with E-state index in [4.69, 9.17) is 18.9 Å². The third-order valence-electron chi connectivity index (χ3n) is 8.12. The monoisotopic (exact) mass is 574 g/mol. The van der Waals surface area contributed by atoms with Crippen LogP contribution in [0, 0.1) is 12.3 Å². The third kappa shape index (κ3) is 6.94. The van der Waals surface area contributed by atoms with Crippen LogP contribution in [-0.4, -0.2) is 78.4 Å². The fourth-order valence-corrected chi connectivity index (χ4v) is 5.24. The largest absolute Gasteiger partial charge is 0.493 e. The van der Waals surface area contributed by atoms with Crippen LogP contribution in [0.3, 0.4) is 0 Å². The molecular weight excluding hydrogens is 532 g/mol. The van der Waals surface area contributed by atoms with Crippen molar-refractivity contribution in [1.82, 2.24) is 30.2 Å². The predicted molar refractivity (Wildman–Crippen MR) is 165 cm³/mol. The first-order valence-electron chi connectivity index (χ1n) is 14.6. The molecule has 3 aromatic heterocycles. The van der Waals surface area contributed by atoms with Gasteiger partial charge < -0.3 is 34.1 Å². The number of piperidine rings is 1. The second-order valence-corrected chi connectivity index (χ2v) is 11.1. The molecule has 0 saturated carbocycles. The molecule has 0 radical (unpaired) electrons. The van der Waals surface area contributed by atoms with Crippen LogP contribution in [0.15, 0.2) is 48.6 Å². The molecule has 6 rings (SSSR count). The lowest BCUT2D eigenvalue weighted by molar-refractivity contribution is -0.139. The van der Waals surface area contributed by atoms with Crippen molar-refractivity contribution in [2.45, 2.75) is 40.0 Å². The predicted octanol–water partition coefficient (Wildman–Crippen LogP) is 5.63. The molecule has 224 valence electrons. The van der Waals surface area contributed by atoms with Gasteiger partial charge in [-0.25, -0.2) is 15.0 Å². The number of nitrogens with one attached hydrogen (secondary N) is 2. The Kier molecular flexibility index (Phi) is 9.44. The minimum absolute atomic E-state index is 0.443. The van der Waals surface area contributed by atoms with E-state index in [-0.39, 0.29) is 0 Å². The molecule has 1 aromatic carbocycles. The minimum atomic E-state index is 0.443. The molecule has 0 bridgehead atoms. The zero-order valence-electron chi connectivity index (χ0n) is 25.3. The number of likely N-dealkylation sites (tertiary alicyclic amines) is 1. The van der Waals surface area contributed by atoms with E-state index in [2.05, 4.69) is 30.2 Å². The summed E-state index contributed by atoms with van der Waals surface area (Å²) >= 11 is 0. The van der Waals surface area contributed by atoms with E-state index in [0.29, 0.717) is 35.2 Å². The molecule has 2 saturated heterocycles. The fraction of sp³-hybridized carbons (Fsp3) is 0.469. The summed E-state index contributed by atoms with van der Waals surface area (Å²) < 4.78 is 23.3. The van der Waals surface area contributed by atoms with Gasteiger partial charge in [0.05, 0.1) is 44.0 Å². The number of hydrogen-bond acceptors (Lipinski definition) is 9. The standard InChI is InChI=1S/C27H31N5O4.C5H11N/c1-18-10-19-11-20(14-28-25(19)31-18)36-26-21-12-23(33-2)24(13-22(21)29-17-30-26)35-9-3-6-32-7-4-27(5-8-32)15-34-16-27;1-4-5(2)6-3/h10-14,17H,3-9,15-16H2,1-2H3,(H,28,31);4,6H,1-3H3/b;5-4-. The third-order valence-corrected chi connectivity index (χ3v) is 8.12. The van der Waals surface area contributed by atoms with Crippen LogP contribution in [0.5, 0.6) is 23.1 Å². The van der Waals surface area contributed by atoms with Crippen LogP contribution >= 0.6 is 0 Å². The van der Waals surface area contributed by atoms with Crippen LogP contribution < -0.4 is 19.5 Å². The number of allylic oxidation sites excluding steroid dienone is 2. The molecule has 0 aliphatic carbocycles. The SMILES string of the molecule is C/C=C(/C)NC.COc1cc2c(Oc3cnc4[nH]c(C)cc4c3)ncnc2cc1OCCCN1CCC2(CC1)COC2. The van der Waals surface area contributed by atoms with Crippen molar-refractivity contribution >= 4 is 21.9 Å². The highest BCUT2D eigenvalue weighted by Crippen LogP contribution is 2.39. The van der Waals surface area contributed by atoms with Crippen LogP contribution in [0.1, 0.15) is 38.8 Å². The lowest BCUT2D eigenvalue weighted by Gasteiger charge is -2.47. The number of methoxy groups -OCH3 is 1. The normalized spacial score (nSPS) is 16.5. The summed E-state index contributed by atoms with van der Waals surface area (Å²) in [6.07, 6.45) is 8.65. The van der Waals surface area contributed by atoms with E-state index >= 15 is 0 Å². The number of aryl methyl sites for hydroxylation is 1. The maximum atomic E-state index is 6.12. The number of aromatic nitrogens is 4. The number of benzene rings is 1. The van der Waals surface area contributed by atoms with Crippen molar-refractivity contribution < 1.29 is 18.9 Å². The molecule has 4 aromatic rings. The maximum absolute atomic E-state index is 6.12. The van der Waals surface area contributed by atoms with Gasteiger partial charge in [-0.2, -0.15) is 0 Å². The van der Waals surface area contributed by atoms with Gasteiger partial charge >= 0.3 is 0 Å². The first-order valence-corrected chi connectivity index (χ1v) is 14.6. The Morgan fingerprint density at radius 3 is 2.60 bits per heavy atom. The number of rotatable bonds is 9. The summed E-state index contributed by atoms with van der Waals surface area (Å²) in [7, 11) is 3.55. The van der Waals surface area contributed by atoms with Crippen molar-refractivity contribution in [3.8, 4) is 23.1 Å². The first kappa shape index (κ1) is 29.6. The number of ether oxygens (including phenoxy) is 4. The Morgan fingerprint density at radius 2 is 1.93 bits per heavy atom. The molecule has 10 heteroatoms. The number of aromatic amines is 1. The number of pyridine rings is 1. The fourth-order valence-electron chi connectivity index (χ4n) is 5.24. The molecule has 5 heterocycles. The molecule has 42 heavy (non-hydrogen) atoms. The summed E-state index contributed by atoms with van der Waals surface area (Å²) in [5, 5.41) is 4.70. The maximum Gasteiger partial charge on any atom is 0.230 e. The van der Waals surface area contributed by atoms with Crippen LogP contribution in [0.25, 0.3) is 21.9 Å². The van der Waals surface area contributed by atoms with Gasteiger partial charge in [-0.1, -0.05) is 6.08 Å². The molecule has 2 aliphatic heterocycles. The van der Waals surface area contributed by atoms with E-state index < -0.39 is 0 Å². The highest BCUT2D eigenvalue weighted by atomic mass is 16.5. The number of fused-ring (bicyclic) bond motifs is 2. The van der Waals surface area contributed by atoms with E-state index in [1.807, 2.05) is 58.2 Å². The summed E-state index contributed by atoms with van der Waals surface area (Å²) in [5.74, 6) is 2.35. The summed E-state index contributed by atoms with van der Waals surface area (Å²) in [6.45, 7) is 11.9. The lowest BCUT2D eigenvalue weighted by Crippen LogP contribution is -2.51. The Balaban J connectivity index is 0.000000535. The highest BCUT2D eigenvalue weighted by molar-refractivity contribution is 5.87. The van der Waals surface area contributed by atoms with Crippen LogP contribution in [0.4, 0.5) is 0 Å². The van der Waals surface area contributed by atoms with E-state index in [1.54, 1.807) is 13.3 Å². The smallest absolute Gasteiger partial charge is 0.230 e. The average molecular weight is 575 g/mol. The zero-order valence-corrected chi connectivity index (χ0v) is 25.3. The van der Waals surface area contributed by atoms with Crippen molar-refractivity contribution in [2.24, 2.45) is 5.41 Å². The Bertz CT molecular complexity index is 1520. The van der Waals surface area contributed by atoms with Gasteiger partial charge in [0, 0.05) is 41.9 Å². The van der Waals surface area contributed by atoms with Gasteiger partial charge in [0.15, 0.2) is 11.5 Å². The second-order valence-electron chi connectivity index (χ2n) is 11.1. The second kappa shape index (κ2) is 13.4. The van der Waals surface area contributed by atoms with Crippen molar-refractivity contribution in [3.63, 3.8) is 0 Å². The molecule has 1 spiro atoms. The van der Waals surface area contributed by atoms with Gasteiger partial charge in [0.25, 0.3) is 0 Å². The van der Waals surface area contributed by atoms with Crippen molar-refractivity contribution in [3.05, 3.63) is 54.3 Å². The molecule has 2 N–H and O–H groups in total. The minimum Gasteiger partial charge on any atom is -0.493 e. The number of H-pyrrole nitrogens is 1. The Labute approximate surface area is 247 Å². The van der Waals surface area contributed by atoms with E-state index in [1.165, 1.54) is 24.9 Å². The molecule has 0 amide bonds. The quantitative estimate of drug-likeness (QED) is 0.246. The molecule has 2 fully saturated rings. The van der Waals surface area contributed by atoms with Crippen molar-refractivity contribution in [1.29, 1.82) is 0 Å². The lowest BCUT2D eigenvalue weighted by atomic mass is 9.77. The number of hydrogen-bond donors (Lipinski definition) is 2. The summed E-state index contributed by atoms with van der Waals surface area (Å²) in [4.78, 5) is 19.0. The topological polar surface area (TPSA) is 107 Å². The van der Waals surface area contributed by atoms with Gasteiger partial charge in [-0.3, -0.25) is 0 Å². The first-order chi connectivity index (χ1) is 20.4. The van der Waals surface area contributed by atoms with E-state index in [0.717, 1.165) is 66.9 Å². The zero-order chi connectivity index (χ0) is 29.5. The summed E-state index contributed by atoms with van der Waals surface area (Å²) in [6, 6.07) is 7.74. The van der Waals surface area contributed by atoms with Gasteiger partial charge in [0.2, 0.25) is 5.88 Å². The van der Waals surface area contributed by atoms with Gasteiger partial charge in [-0.05, 0) is 71.3 Å². The number of nitrogens with zero attached hydrogens (tertiary/aromatic N) is 4. The molecule has 10 nitrogen and oxygen atoms in total. The Hall–Kier alpha value is -3.89. The van der Waals surface area contributed by atoms with E-state index in [9.17, 15) is 0 Å². The Morgan fingerprint density at radius 1 is 1.12 bits per heavy atom.